The average Bonchev–Trinajstić information content (AvgIpc) is 2.75. The van der Waals surface area contributed by atoms with Gasteiger partial charge in [0.15, 0.2) is 4.67 Å². The first-order valence-corrected chi connectivity index (χ1v) is 6.32. The number of nitrogens with two attached hydrogens (primary N) is 1. The molecule has 90 valence electrons. The quantitative estimate of drug-likeness (QED) is 0.671. The van der Waals surface area contributed by atoms with Crippen molar-refractivity contribution in [2.45, 2.75) is 12.5 Å². The minimum Gasteiger partial charge on any atom is -0.457 e. The number of hydrogen-bond acceptors (Lipinski definition) is 3. The fraction of sp³-hybridized carbons (Fsp3) is 0.167. The Morgan fingerprint density at radius 3 is 2.71 bits per heavy atom. The summed E-state index contributed by atoms with van der Waals surface area (Å²) in [4.78, 5) is 0. The lowest BCUT2D eigenvalue weighted by Crippen LogP contribution is -2.29. The molecule has 1 atom stereocenters. The van der Waals surface area contributed by atoms with Gasteiger partial charge in [0.2, 0.25) is 0 Å². The van der Waals surface area contributed by atoms with Gasteiger partial charge in [0.1, 0.15) is 0 Å². The molecule has 0 saturated heterocycles. The van der Waals surface area contributed by atoms with Crippen molar-refractivity contribution in [2.75, 3.05) is 0 Å². The molecule has 0 radical (unpaired) electrons. The molecule has 0 saturated carbocycles. The number of hydrogen-bond donors (Lipinski definition) is 2. The van der Waals surface area contributed by atoms with Crippen LogP contribution in [0.4, 0.5) is 0 Å². The van der Waals surface area contributed by atoms with Crippen molar-refractivity contribution in [1.82, 2.24) is 5.43 Å². The lowest BCUT2D eigenvalue weighted by atomic mass is 10.0. The summed E-state index contributed by atoms with van der Waals surface area (Å²) in [6.45, 7) is 0. The van der Waals surface area contributed by atoms with Gasteiger partial charge in [-0.2, -0.15) is 0 Å². The first kappa shape index (κ1) is 12.6. The van der Waals surface area contributed by atoms with Gasteiger partial charge in [0.25, 0.3) is 0 Å². The second-order valence-electron chi connectivity index (χ2n) is 3.66. The third-order valence-corrected chi connectivity index (χ3v) is 3.62. The minimum atomic E-state index is -0.0389. The summed E-state index contributed by atoms with van der Waals surface area (Å²) >= 11 is 9.47. The van der Waals surface area contributed by atoms with Crippen LogP contribution >= 0.6 is 27.5 Å². The lowest BCUT2D eigenvalue weighted by molar-refractivity contribution is 0.507. The van der Waals surface area contributed by atoms with Gasteiger partial charge in [-0.15, -0.1) is 0 Å². The molecule has 1 heterocycles. The first-order chi connectivity index (χ1) is 8.22. The molecule has 0 amide bonds. The molecule has 1 unspecified atom stereocenters. The van der Waals surface area contributed by atoms with Crippen LogP contribution in [0, 0.1) is 0 Å². The Morgan fingerprint density at radius 2 is 2.12 bits per heavy atom. The van der Waals surface area contributed by atoms with E-state index in [1.54, 1.807) is 6.26 Å². The fourth-order valence-electron chi connectivity index (χ4n) is 1.70. The zero-order valence-corrected chi connectivity index (χ0v) is 11.3. The highest BCUT2D eigenvalue weighted by atomic mass is 79.9. The maximum absolute atomic E-state index is 6.12. The van der Waals surface area contributed by atoms with Crippen LogP contribution in [0.3, 0.4) is 0 Å². The summed E-state index contributed by atoms with van der Waals surface area (Å²) in [5.74, 6) is 5.58. The van der Waals surface area contributed by atoms with Crippen LogP contribution in [0.2, 0.25) is 5.02 Å². The van der Waals surface area contributed by atoms with E-state index in [1.807, 2.05) is 30.3 Å². The number of halogens is 2. The van der Waals surface area contributed by atoms with Gasteiger partial charge in [-0.05, 0) is 40.0 Å². The Balaban J connectivity index is 2.22. The zero-order chi connectivity index (χ0) is 12.3. The van der Waals surface area contributed by atoms with Crippen molar-refractivity contribution in [3.63, 3.8) is 0 Å². The van der Waals surface area contributed by atoms with Crippen molar-refractivity contribution in [3.05, 3.63) is 57.4 Å². The van der Waals surface area contributed by atoms with Crippen LogP contribution < -0.4 is 11.3 Å². The molecule has 0 fully saturated rings. The molecule has 5 heteroatoms. The van der Waals surface area contributed by atoms with Gasteiger partial charge in [-0.3, -0.25) is 11.3 Å². The molecule has 3 N–H and O–H groups in total. The number of hydrazine groups is 1. The first-order valence-electron chi connectivity index (χ1n) is 5.14. The summed E-state index contributed by atoms with van der Waals surface area (Å²) < 4.78 is 5.89. The Morgan fingerprint density at radius 1 is 1.35 bits per heavy atom. The van der Waals surface area contributed by atoms with E-state index in [0.29, 0.717) is 11.1 Å². The van der Waals surface area contributed by atoms with Crippen LogP contribution in [0.25, 0.3) is 0 Å². The predicted molar refractivity (Wildman–Crippen MR) is 71.6 cm³/mol. The predicted octanol–water partition coefficient (Wildman–Crippen LogP) is 3.44. The number of furan rings is 1. The number of rotatable bonds is 4. The summed E-state index contributed by atoms with van der Waals surface area (Å²) in [6, 6.07) is 9.56. The SMILES string of the molecule is NNC(Cc1ccccc1Cl)c1ccoc1Br. The monoisotopic (exact) mass is 314 g/mol. The molecule has 0 spiro atoms. The molecule has 0 aliphatic carbocycles. The van der Waals surface area contributed by atoms with E-state index in [1.165, 1.54) is 0 Å². The van der Waals surface area contributed by atoms with Crippen molar-refractivity contribution in [3.8, 4) is 0 Å². The van der Waals surface area contributed by atoms with Crippen molar-refractivity contribution >= 4 is 27.5 Å². The summed E-state index contributed by atoms with van der Waals surface area (Å²) in [5, 5.41) is 0.743. The Kier molecular flexibility index (Phi) is 4.23. The summed E-state index contributed by atoms with van der Waals surface area (Å²) in [6.07, 6.45) is 2.32. The van der Waals surface area contributed by atoms with Gasteiger partial charge in [-0.25, -0.2) is 0 Å². The maximum atomic E-state index is 6.12. The number of benzene rings is 1. The van der Waals surface area contributed by atoms with Gasteiger partial charge in [-0.1, -0.05) is 29.8 Å². The highest BCUT2D eigenvalue weighted by molar-refractivity contribution is 9.10. The van der Waals surface area contributed by atoms with Gasteiger partial charge in [0, 0.05) is 10.6 Å². The molecule has 0 bridgehead atoms. The maximum Gasteiger partial charge on any atom is 0.173 e. The highest BCUT2D eigenvalue weighted by Gasteiger charge is 2.16. The second kappa shape index (κ2) is 5.69. The molecule has 2 aromatic rings. The fourth-order valence-corrected chi connectivity index (χ4v) is 2.43. The van der Waals surface area contributed by atoms with E-state index in [0.717, 1.165) is 16.1 Å². The average molecular weight is 316 g/mol. The van der Waals surface area contributed by atoms with Crippen LogP contribution in [0.15, 0.2) is 45.7 Å². The standard InChI is InChI=1S/C12H12BrClN2O/c13-12-9(5-6-17-12)11(16-15)7-8-3-1-2-4-10(8)14/h1-6,11,16H,7,15H2. The van der Waals surface area contributed by atoms with Crippen molar-refractivity contribution in [2.24, 2.45) is 5.84 Å². The smallest absolute Gasteiger partial charge is 0.173 e. The normalized spacial score (nSPS) is 12.6. The number of nitrogens with one attached hydrogen (secondary N) is 1. The van der Waals surface area contributed by atoms with Crippen LogP contribution in [-0.2, 0) is 6.42 Å². The molecular formula is C12H12BrClN2O. The van der Waals surface area contributed by atoms with Crippen LogP contribution in [0.5, 0.6) is 0 Å². The topological polar surface area (TPSA) is 51.2 Å². The Bertz CT molecular complexity index is 501. The molecule has 17 heavy (non-hydrogen) atoms. The summed E-state index contributed by atoms with van der Waals surface area (Å²) in [5.41, 5.74) is 4.80. The molecule has 0 aliphatic heterocycles. The molecule has 1 aromatic heterocycles. The van der Waals surface area contributed by atoms with Crippen LogP contribution in [-0.4, -0.2) is 0 Å². The second-order valence-corrected chi connectivity index (χ2v) is 4.79. The van der Waals surface area contributed by atoms with Crippen molar-refractivity contribution < 1.29 is 4.42 Å². The van der Waals surface area contributed by atoms with E-state index in [4.69, 9.17) is 21.9 Å². The van der Waals surface area contributed by atoms with Crippen molar-refractivity contribution in [1.29, 1.82) is 0 Å². The lowest BCUT2D eigenvalue weighted by Gasteiger charge is -2.15. The molecule has 1 aromatic carbocycles. The van der Waals surface area contributed by atoms with Crippen LogP contribution in [0.1, 0.15) is 17.2 Å². The third-order valence-electron chi connectivity index (χ3n) is 2.60. The molecule has 2 rings (SSSR count). The third kappa shape index (κ3) is 2.90. The molecular weight excluding hydrogens is 304 g/mol. The van der Waals surface area contributed by atoms with E-state index in [-0.39, 0.29) is 6.04 Å². The molecule has 0 aliphatic rings. The Hall–Kier alpha value is -0.810. The van der Waals surface area contributed by atoms with E-state index < -0.39 is 0 Å². The Labute approximate surface area is 113 Å². The summed E-state index contributed by atoms with van der Waals surface area (Å²) in [7, 11) is 0. The minimum absolute atomic E-state index is 0.0389. The van der Waals surface area contributed by atoms with Gasteiger partial charge in [0.05, 0.1) is 12.3 Å². The van der Waals surface area contributed by atoms with Gasteiger partial charge >= 0.3 is 0 Å². The van der Waals surface area contributed by atoms with Gasteiger partial charge < -0.3 is 4.42 Å². The molecule has 3 nitrogen and oxygen atoms in total. The van der Waals surface area contributed by atoms with E-state index in [2.05, 4.69) is 21.4 Å². The largest absolute Gasteiger partial charge is 0.457 e. The zero-order valence-electron chi connectivity index (χ0n) is 8.99. The highest BCUT2D eigenvalue weighted by Crippen LogP contribution is 2.28. The van der Waals surface area contributed by atoms with E-state index >= 15 is 0 Å². The van der Waals surface area contributed by atoms with E-state index in [9.17, 15) is 0 Å².